The van der Waals surface area contributed by atoms with E-state index < -0.39 is 24.1 Å². The molecule has 228 valence electrons. The first-order valence-corrected chi connectivity index (χ1v) is 14.1. The Balaban J connectivity index is 1.30. The van der Waals surface area contributed by atoms with Gasteiger partial charge in [-0.3, -0.25) is 9.36 Å². The quantitative estimate of drug-likeness (QED) is 0.226. The van der Waals surface area contributed by atoms with Crippen molar-refractivity contribution in [2.75, 3.05) is 30.8 Å². The number of anilines is 3. The molecule has 6 rings (SSSR count). The summed E-state index contributed by atoms with van der Waals surface area (Å²) in [7, 11) is 3.86. The Morgan fingerprint density at radius 2 is 1.68 bits per heavy atom. The van der Waals surface area contributed by atoms with Crippen LogP contribution >= 0.6 is 0 Å². The van der Waals surface area contributed by atoms with Crippen molar-refractivity contribution in [2.24, 2.45) is 7.05 Å². The number of aryl methyl sites for hydroxylation is 1. The Labute approximate surface area is 250 Å². The molecule has 0 saturated carbocycles. The van der Waals surface area contributed by atoms with Crippen molar-refractivity contribution < 1.29 is 17.6 Å². The molecule has 5 aromatic rings. The molecule has 1 fully saturated rings. The second kappa shape index (κ2) is 11.7. The maximum absolute atomic E-state index is 15.3. The molecule has 0 aliphatic carbocycles. The molecular weight excluding hydrogens is 576 g/mol. The number of pyridine rings is 1. The molecule has 1 aliphatic heterocycles. The van der Waals surface area contributed by atoms with Crippen molar-refractivity contribution in [1.82, 2.24) is 29.0 Å². The van der Waals surface area contributed by atoms with Gasteiger partial charge >= 0.3 is 6.18 Å². The van der Waals surface area contributed by atoms with Gasteiger partial charge in [0.15, 0.2) is 0 Å². The van der Waals surface area contributed by atoms with Crippen LogP contribution in [0.1, 0.15) is 12.8 Å². The number of rotatable bonds is 7. The summed E-state index contributed by atoms with van der Waals surface area (Å²) < 4.78 is 58.6. The minimum absolute atomic E-state index is 0.0170. The molecule has 44 heavy (non-hydrogen) atoms. The summed E-state index contributed by atoms with van der Waals surface area (Å²) in [5.74, 6) is -0.741. The second-order valence-corrected chi connectivity index (χ2v) is 11.0. The van der Waals surface area contributed by atoms with E-state index in [4.69, 9.17) is 0 Å². The summed E-state index contributed by atoms with van der Waals surface area (Å²) in [6.07, 6.45) is 1.81. The third-order valence-corrected chi connectivity index (χ3v) is 7.77. The van der Waals surface area contributed by atoms with E-state index >= 15 is 4.39 Å². The lowest BCUT2D eigenvalue weighted by Crippen LogP contribution is -2.36. The number of aromatic nitrogens is 5. The lowest BCUT2D eigenvalue weighted by atomic mass is 10.0. The predicted molar refractivity (Wildman–Crippen MR) is 161 cm³/mol. The summed E-state index contributed by atoms with van der Waals surface area (Å²) in [6.45, 7) is 0.467. The van der Waals surface area contributed by atoms with Crippen molar-refractivity contribution in [3.63, 3.8) is 0 Å². The number of halogens is 4. The molecule has 0 radical (unpaired) electrons. The van der Waals surface area contributed by atoms with Crippen molar-refractivity contribution in [3.05, 3.63) is 83.4 Å². The molecule has 2 aromatic carbocycles. The summed E-state index contributed by atoms with van der Waals surface area (Å²) in [4.78, 5) is 28.3. The van der Waals surface area contributed by atoms with E-state index in [1.54, 1.807) is 30.2 Å². The average molecular weight is 607 g/mol. The maximum atomic E-state index is 15.3. The number of nitrogens with one attached hydrogen (secondary N) is 2. The van der Waals surface area contributed by atoms with E-state index in [2.05, 4.69) is 37.5 Å². The largest absolute Gasteiger partial charge is 0.406 e. The minimum atomic E-state index is -4.73. The van der Waals surface area contributed by atoms with Gasteiger partial charge in [0.1, 0.15) is 18.0 Å². The van der Waals surface area contributed by atoms with Crippen LogP contribution in [-0.4, -0.2) is 61.3 Å². The van der Waals surface area contributed by atoms with Crippen molar-refractivity contribution in [3.8, 4) is 22.4 Å². The fourth-order valence-electron chi connectivity index (χ4n) is 5.43. The number of hydrogen-bond donors (Lipinski definition) is 2. The molecule has 0 amide bonds. The Morgan fingerprint density at radius 3 is 2.34 bits per heavy atom. The molecule has 1 saturated heterocycles. The fraction of sp³-hybridized carbons (Fsp3) is 0.290. The molecule has 0 unspecified atom stereocenters. The van der Waals surface area contributed by atoms with Gasteiger partial charge < -0.3 is 20.1 Å². The van der Waals surface area contributed by atoms with Crippen molar-refractivity contribution >= 4 is 28.4 Å². The maximum Gasteiger partial charge on any atom is 0.406 e. The highest BCUT2D eigenvalue weighted by Crippen LogP contribution is 2.29. The number of imidazole rings is 1. The standard InChI is InChI=1S/C31H30F4N8O/c1-41-11-9-23(10-12-41)38-21-4-6-22(7-5-21)39-30-37-15-20-13-25(29(44)43(28(20)40-30)17-31(33,34)35)24-8-3-19(14-26(24)32)27-16-36-18-42(27)2/h3-8,13-16,18,23,38H,9-12,17H2,1-2H3,(H,37,39,40). The topological polar surface area (TPSA) is 92.9 Å². The number of hydrogen-bond acceptors (Lipinski definition) is 7. The highest BCUT2D eigenvalue weighted by Gasteiger charge is 2.31. The number of benzene rings is 2. The Kier molecular flexibility index (Phi) is 7.80. The van der Waals surface area contributed by atoms with Gasteiger partial charge in [0.25, 0.3) is 5.56 Å². The average Bonchev–Trinajstić information content (AvgIpc) is 3.42. The van der Waals surface area contributed by atoms with E-state index in [0.717, 1.165) is 31.6 Å². The van der Waals surface area contributed by atoms with Crippen LogP contribution in [0.15, 0.2) is 72.0 Å². The molecular formula is C31H30F4N8O. The van der Waals surface area contributed by atoms with Gasteiger partial charge in [0.05, 0.1) is 23.8 Å². The number of likely N-dealkylation sites (tertiary alicyclic amines) is 1. The molecule has 0 atom stereocenters. The van der Waals surface area contributed by atoms with Crippen molar-refractivity contribution in [1.29, 1.82) is 0 Å². The van der Waals surface area contributed by atoms with E-state index in [-0.39, 0.29) is 28.1 Å². The lowest BCUT2D eigenvalue weighted by molar-refractivity contribution is -0.140. The lowest BCUT2D eigenvalue weighted by Gasteiger charge is -2.30. The van der Waals surface area contributed by atoms with Crippen LogP contribution < -0.4 is 16.2 Å². The van der Waals surface area contributed by atoms with Gasteiger partial charge in [0, 0.05) is 47.2 Å². The molecule has 1 aliphatic rings. The van der Waals surface area contributed by atoms with Crippen LogP contribution in [0.4, 0.5) is 34.9 Å². The first kappa shape index (κ1) is 29.3. The zero-order valence-corrected chi connectivity index (χ0v) is 24.1. The highest BCUT2D eigenvalue weighted by molar-refractivity contribution is 5.82. The van der Waals surface area contributed by atoms with Crippen LogP contribution in [0, 0.1) is 5.82 Å². The highest BCUT2D eigenvalue weighted by atomic mass is 19.4. The van der Waals surface area contributed by atoms with Crippen LogP contribution in [0.2, 0.25) is 0 Å². The van der Waals surface area contributed by atoms with E-state index in [1.165, 1.54) is 24.4 Å². The van der Waals surface area contributed by atoms with Gasteiger partial charge in [-0.1, -0.05) is 12.1 Å². The SMILES string of the molecule is CN1CCC(Nc2ccc(Nc3ncc4cc(-c5ccc(-c6cncn6C)cc5F)c(=O)n(CC(F)(F)F)c4n3)cc2)CC1. The second-order valence-electron chi connectivity index (χ2n) is 11.0. The smallest absolute Gasteiger partial charge is 0.382 e. The van der Waals surface area contributed by atoms with Crippen LogP contribution in [-0.2, 0) is 13.6 Å². The summed E-state index contributed by atoms with van der Waals surface area (Å²) in [6, 6.07) is 13.3. The number of nitrogens with zero attached hydrogens (tertiary/aromatic N) is 6. The summed E-state index contributed by atoms with van der Waals surface area (Å²) >= 11 is 0. The van der Waals surface area contributed by atoms with E-state index in [1.807, 2.05) is 24.3 Å². The van der Waals surface area contributed by atoms with Gasteiger partial charge in [-0.2, -0.15) is 18.2 Å². The molecule has 0 bridgehead atoms. The van der Waals surface area contributed by atoms with E-state index in [0.29, 0.717) is 27.6 Å². The zero-order chi connectivity index (χ0) is 31.0. The van der Waals surface area contributed by atoms with E-state index in [9.17, 15) is 18.0 Å². The molecule has 0 spiro atoms. The number of alkyl halides is 3. The first-order chi connectivity index (χ1) is 21.0. The predicted octanol–water partition coefficient (Wildman–Crippen LogP) is 5.81. The van der Waals surface area contributed by atoms with Gasteiger partial charge in [-0.25, -0.2) is 14.4 Å². The monoisotopic (exact) mass is 606 g/mol. The molecule has 9 nitrogen and oxygen atoms in total. The first-order valence-electron chi connectivity index (χ1n) is 14.1. The van der Waals surface area contributed by atoms with Crippen LogP contribution in [0.25, 0.3) is 33.4 Å². The molecule has 2 N–H and O–H groups in total. The summed E-state index contributed by atoms with van der Waals surface area (Å²) in [5.41, 5.74) is 1.12. The zero-order valence-electron chi connectivity index (χ0n) is 24.1. The minimum Gasteiger partial charge on any atom is -0.382 e. The van der Waals surface area contributed by atoms with Gasteiger partial charge in [-0.15, -0.1) is 0 Å². The molecule has 13 heteroatoms. The van der Waals surface area contributed by atoms with Crippen molar-refractivity contribution in [2.45, 2.75) is 31.6 Å². The Morgan fingerprint density at radius 1 is 0.955 bits per heavy atom. The Bertz CT molecular complexity index is 1860. The Hall–Kier alpha value is -4.78. The third kappa shape index (κ3) is 6.27. The van der Waals surface area contributed by atoms with Gasteiger partial charge in [-0.05, 0) is 69.4 Å². The molecule has 4 heterocycles. The number of piperidine rings is 1. The van der Waals surface area contributed by atoms with Crippen LogP contribution in [0.5, 0.6) is 0 Å². The van der Waals surface area contributed by atoms with Crippen LogP contribution in [0.3, 0.4) is 0 Å². The molecule has 3 aromatic heterocycles. The number of fused-ring (bicyclic) bond motifs is 1. The third-order valence-electron chi connectivity index (χ3n) is 7.77. The normalized spacial score (nSPS) is 14.7. The summed E-state index contributed by atoms with van der Waals surface area (Å²) in [5, 5.41) is 6.68. The van der Waals surface area contributed by atoms with Gasteiger partial charge in [0.2, 0.25) is 5.95 Å². The fourth-order valence-corrected chi connectivity index (χ4v) is 5.43.